The number of nitrogens with zero attached hydrogens (tertiary/aromatic N) is 1. The summed E-state index contributed by atoms with van der Waals surface area (Å²) in [5, 5.41) is 11.6. The van der Waals surface area contributed by atoms with Crippen molar-refractivity contribution in [2.24, 2.45) is 5.92 Å². The van der Waals surface area contributed by atoms with Crippen LogP contribution in [0.15, 0.2) is 36.4 Å². The van der Waals surface area contributed by atoms with Gasteiger partial charge in [0.15, 0.2) is 11.5 Å². The van der Waals surface area contributed by atoms with E-state index in [2.05, 4.69) is 0 Å². The number of aliphatic hydroxyl groups is 1. The molecule has 2 aromatic carbocycles. The number of piperidine rings is 1. The first-order chi connectivity index (χ1) is 17.9. The Balaban J connectivity index is 1.72. The molecule has 0 spiro atoms. The molecule has 1 N–H and O–H groups in total. The molecule has 8 heteroatoms. The molecule has 1 saturated heterocycles. The second-order valence-corrected chi connectivity index (χ2v) is 9.58. The zero-order valence-corrected chi connectivity index (χ0v) is 22.3. The largest absolute Gasteiger partial charge is 0.497 e. The SMILES string of the molecule is COc1ccc(OC)c([C@H]2[C@H]3CCCC[C@]3(O)CCN2C(=O)/C=C/c2cc(OC)c(OC)c(OC)c2)c1. The van der Waals surface area contributed by atoms with Gasteiger partial charge >= 0.3 is 0 Å². The minimum Gasteiger partial charge on any atom is -0.497 e. The number of benzene rings is 2. The van der Waals surface area contributed by atoms with Crippen LogP contribution in [0.5, 0.6) is 28.7 Å². The van der Waals surface area contributed by atoms with E-state index in [1.54, 1.807) is 59.8 Å². The summed E-state index contributed by atoms with van der Waals surface area (Å²) in [5.74, 6) is 2.63. The van der Waals surface area contributed by atoms with Gasteiger partial charge < -0.3 is 33.7 Å². The Morgan fingerprint density at radius 3 is 2.24 bits per heavy atom. The molecule has 1 aliphatic heterocycles. The predicted molar refractivity (Wildman–Crippen MR) is 141 cm³/mol. The molecule has 0 radical (unpaired) electrons. The zero-order chi connectivity index (χ0) is 26.6. The highest BCUT2D eigenvalue weighted by molar-refractivity contribution is 5.92. The summed E-state index contributed by atoms with van der Waals surface area (Å²) in [7, 11) is 7.90. The van der Waals surface area contributed by atoms with Gasteiger partial charge in [0.1, 0.15) is 11.5 Å². The minimum absolute atomic E-state index is 0.102. The Bertz CT molecular complexity index is 1120. The van der Waals surface area contributed by atoms with Crippen LogP contribution in [-0.4, -0.2) is 63.6 Å². The topological polar surface area (TPSA) is 86.7 Å². The summed E-state index contributed by atoms with van der Waals surface area (Å²) in [4.78, 5) is 15.6. The Hall–Kier alpha value is -3.39. The maximum atomic E-state index is 13.7. The summed E-state index contributed by atoms with van der Waals surface area (Å²) >= 11 is 0. The maximum absolute atomic E-state index is 13.7. The summed E-state index contributed by atoms with van der Waals surface area (Å²) in [6.07, 6.45) is 7.43. The second kappa shape index (κ2) is 11.3. The van der Waals surface area contributed by atoms with E-state index >= 15 is 0 Å². The average molecular weight is 512 g/mol. The summed E-state index contributed by atoms with van der Waals surface area (Å²) in [6.45, 7) is 0.441. The van der Waals surface area contributed by atoms with Gasteiger partial charge in [-0.15, -0.1) is 0 Å². The van der Waals surface area contributed by atoms with Gasteiger partial charge in [-0.1, -0.05) is 12.8 Å². The van der Waals surface area contributed by atoms with E-state index in [4.69, 9.17) is 23.7 Å². The van der Waals surface area contributed by atoms with Crippen LogP contribution in [0.4, 0.5) is 0 Å². The molecule has 0 bridgehead atoms. The standard InChI is InChI=1S/C29H37NO7/c1-33-20-10-11-23(34-2)21(18-20)27-22-8-6-7-13-29(22,32)14-15-30(27)26(31)12-9-19-16-24(35-3)28(37-5)25(17-19)36-4/h9-12,16-18,22,27,32H,6-8,13-15H2,1-5H3/b12-9+/t22-,27+,29+/m1/s1. The molecule has 2 aromatic rings. The van der Waals surface area contributed by atoms with E-state index < -0.39 is 5.60 Å². The second-order valence-electron chi connectivity index (χ2n) is 9.58. The number of methoxy groups -OCH3 is 5. The van der Waals surface area contributed by atoms with E-state index in [1.807, 2.05) is 23.1 Å². The van der Waals surface area contributed by atoms with Crippen molar-refractivity contribution in [3.63, 3.8) is 0 Å². The lowest BCUT2D eigenvalue weighted by molar-refractivity contribution is -0.151. The highest BCUT2D eigenvalue weighted by atomic mass is 16.5. The molecule has 2 aliphatic rings. The number of carbonyl (C=O) groups excluding carboxylic acids is 1. The zero-order valence-electron chi connectivity index (χ0n) is 22.3. The number of hydrogen-bond acceptors (Lipinski definition) is 7. The van der Waals surface area contributed by atoms with Crippen molar-refractivity contribution < 1.29 is 33.6 Å². The van der Waals surface area contributed by atoms with Gasteiger partial charge in [-0.3, -0.25) is 4.79 Å². The van der Waals surface area contributed by atoms with Crippen molar-refractivity contribution in [3.05, 3.63) is 47.5 Å². The van der Waals surface area contributed by atoms with Crippen molar-refractivity contribution >= 4 is 12.0 Å². The van der Waals surface area contributed by atoms with E-state index in [9.17, 15) is 9.90 Å². The van der Waals surface area contributed by atoms with Crippen LogP contribution in [0.1, 0.15) is 49.3 Å². The number of amides is 1. The first-order valence-corrected chi connectivity index (χ1v) is 12.6. The lowest BCUT2D eigenvalue weighted by Gasteiger charge is -2.52. The van der Waals surface area contributed by atoms with Gasteiger partial charge in [0.2, 0.25) is 11.7 Å². The quantitative estimate of drug-likeness (QED) is 0.517. The van der Waals surface area contributed by atoms with Crippen LogP contribution in [0.2, 0.25) is 0 Å². The highest BCUT2D eigenvalue weighted by Crippen LogP contribution is 2.51. The van der Waals surface area contributed by atoms with E-state index in [-0.39, 0.29) is 17.9 Å². The van der Waals surface area contributed by atoms with Crippen molar-refractivity contribution in [1.82, 2.24) is 4.90 Å². The summed E-state index contributed by atoms with van der Waals surface area (Å²) in [6, 6.07) is 8.87. The molecule has 2 fully saturated rings. The summed E-state index contributed by atoms with van der Waals surface area (Å²) < 4.78 is 27.5. The number of carbonyl (C=O) groups is 1. The molecule has 0 unspecified atom stereocenters. The molecule has 1 heterocycles. The van der Waals surface area contributed by atoms with Crippen LogP contribution in [0.3, 0.4) is 0 Å². The first kappa shape index (κ1) is 26.7. The van der Waals surface area contributed by atoms with Crippen LogP contribution in [-0.2, 0) is 4.79 Å². The molecule has 1 saturated carbocycles. The lowest BCUT2D eigenvalue weighted by Crippen LogP contribution is -2.56. The smallest absolute Gasteiger partial charge is 0.247 e. The number of hydrogen-bond donors (Lipinski definition) is 1. The highest BCUT2D eigenvalue weighted by Gasteiger charge is 2.50. The fourth-order valence-corrected chi connectivity index (χ4v) is 5.85. The predicted octanol–water partition coefficient (Wildman–Crippen LogP) is 4.64. The number of rotatable bonds is 8. The van der Waals surface area contributed by atoms with E-state index in [0.717, 1.165) is 36.8 Å². The van der Waals surface area contributed by atoms with Gasteiger partial charge in [-0.25, -0.2) is 0 Å². The third-order valence-electron chi connectivity index (χ3n) is 7.71. The lowest BCUT2D eigenvalue weighted by atomic mass is 9.66. The molecule has 200 valence electrons. The molecule has 0 aromatic heterocycles. The minimum atomic E-state index is -0.811. The average Bonchev–Trinajstić information content (AvgIpc) is 2.93. The molecule has 3 atom stereocenters. The third-order valence-corrected chi connectivity index (χ3v) is 7.71. The van der Waals surface area contributed by atoms with Gasteiger partial charge in [0, 0.05) is 24.1 Å². The molecule has 1 amide bonds. The number of ether oxygens (including phenoxy) is 5. The van der Waals surface area contributed by atoms with Gasteiger partial charge in [0.05, 0.1) is 47.2 Å². The van der Waals surface area contributed by atoms with Crippen molar-refractivity contribution in [2.75, 3.05) is 42.1 Å². The van der Waals surface area contributed by atoms with Gasteiger partial charge in [-0.2, -0.15) is 0 Å². The summed E-state index contributed by atoms with van der Waals surface area (Å²) in [5.41, 5.74) is 0.778. The van der Waals surface area contributed by atoms with Crippen molar-refractivity contribution in [2.45, 2.75) is 43.7 Å². The van der Waals surface area contributed by atoms with Crippen LogP contribution in [0.25, 0.3) is 6.08 Å². The van der Waals surface area contributed by atoms with Gasteiger partial charge in [-0.05, 0) is 61.2 Å². The maximum Gasteiger partial charge on any atom is 0.247 e. The molecular weight excluding hydrogens is 474 g/mol. The molecule has 37 heavy (non-hydrogen) atoms. The van der Waals surface area contributed by atoms with Crippen LogP contribution in [0, 0.1) is 5.92 Å². The Morgan fingerprint density at radius 1 is 0.919 bits per heavy atom. The normalized spacial score (nSPS) is 23.4. The fraction of sp³-hybridized carbons (Fsp3) is 0.483. The monoisotopic (exact) mass is 511 g/mol. The van der Waals surface area contributed by atoms with Gasteiger partial charge in [0.25, 0.3) is 0 Å². The van der Waals surface area contributed by atoms with Crippen molar-refractivity contribution in [3.8, 4) is 28.7 Å². The Labute approximate surface area is 218 Å². The molecule has 8 nitrogen and oxygen atoms in total. The van der Waals surface area contributed by atoms with Crippen molar-refractivity contribution in [1.29, 1.82) is 0 Å². The number of likely N-dealkylation sites (tertiary alicyclic amines) is 1. The third kappa shape index (κ3) is 5.21. The van der Waals surface area contributed by atoms with Crippen LogP contribution < -0.4 is 23.7 Å². The molecule has 1 aliphatic carbocycles. The molecule has 4 rings (SSSR count). The van der Waals surface area contributed by atoms with Crippen LogP contribution >= 0.6 is 0 Å². The Morgan fingerprint density at radius 2 is 1.62 bits per heavy atom. The molecular formula is C29H37NO7. The first-order valence-electron chi connectivity index (χ1n) is 12.6. The number of fused-ring (bicyclic) bond motifs is 1. The Kier molecular flexibility index (Phi) is 8.17. The van der Waals surface area contributed by atoms with E-state index in [0.29, 0.717) is 41.7 Å². The van der Waals surface area contributed by atoms with E-state index in [1.165, 1.54) is 0 Å². The fourth-order valence-electron chi connectivity index (χ4n) is 5.85.